The molecule has 0 spiro atoms. The molecule has 0 aromatic carbocycles. The van der Waals surface area contributed by atoms with Gasteiger partial charge in [0.1, 0.15) is 0 Å². The minimum absolute atomic E-state index is 0.0884. The summed E-state index contributed by atoms with van der Waals surface area (Å²) < 4.78 is 0. The zero-order valence-corrected chi connectivity index (χ0v) is 10.0. The van der Waals surface area contributed by atoms with Crippen molar-refractivity contribution in [1.29, 1.82) is 0 Å². The summed E-state index contributed by atoms with van der Waals surface area (Å²) in [5, 5.41) is 9.64. The van der Waals surface area contributed by atoms with Gasteiger partial charge in [0.2, 0.25) is 0 Å². The first-order chi connectivity index (χ1) is 6.50. The Kier molecular flexibility index (Phi) is 4.39. The number of β-amino-alcohol motifs (C(OH)–C–C–N with tert-alkyl or cyclic N) is 1. The van der Waals surface area contributed by atoms with Crippen molar-refractivity contribution in [3.05, 3.63) is 0 Å². The molecule has 1 aliphatic rings. The lowest BCUT2D eigenvalue weighted by atomic mass is 10.0. The number of aliphatic hydroxyl groups excluding tert-OH is 1. The van der Waals surface area contributed by atoms with E-state index in [0.717, 1.165) is 25.4 Å². The van der Waals surface area contributed by atoms with Crippen molar-refractivity contribution in [2.24, 2.45) is 11.8 Å². The number of nitrogens with zero attached hydrogens (tertiary/aromatic N) is 1. The zero-order chi connectivity index (χ0) is 10.7. The monoisotopic (exact) mass is 199 g/mol. The average Bonchev–Trinajstić information content (AvgIpc) is 2.43. The Labute approximate surface area is 88.3 Å². The van der Waals surface area contributed by atoms with Gasteiger partial charge in [0.05, 0.1) is 6.10 Å². The molecule has 0 aliphatic carbocycles. The Morgan fingerprint density at radius 1 is 1.29 bits per heavy atom. The number of hydrogen-bond donors (Lipinski definition) is 1. The molecule has 1 aliphatic heterocycles. The minimum atomic E-state index is -0.0884. The van der Waals surface area contributed by atoms with Gasteiger partial charge < -0.3 is 5.11 Å². The molecule has 0 aromatic heterocycles. The van der Waals surface area contributed by atoms with Crippen LogP contribution >= 0.6 is 0 Å². The van der Waals surface area contributed by atoms with Crippen LogP contribution < -0.4 is 0 Å². The van der Waals surface area contributed by atoms with Crippen LogP contribution in [0.5, 0.6) is 0 Å². The summed E-state index contributed by atoms with van der Waals surface area (Å²) >= 11 is 0. The molecule has 2 heteroatoms. The molecule has 1 saturated heterocycles. The lowest BCUT2D eigenvalue weighted by Crippen LogP contribution is -2.34. The highest BCUT2D eigenvalue weighted by Gasteiger charge is 2.32. The zero-order valence-electron chi connectivity index (χ0n) is 10.0. The van der Waals surface area contributed by atoms with Gasteiger partial charge in [0, 0.05) is 12.6 Å². The molecule has 2 atom stereocenters. The van der Waals surface area contributed by atoms with E-state index in [1.54, 1.807) is 0 Å². The molecule has 0 unspecified atom stereocenters. The number of hydrogen-bond acceptors (Lipinski definition) is 2. The van der Waals surface area contributed by atoms with Crippen molar-refractivity contribution < 1.29 is 5.11 Å². The minimum Gasteiger partial charge on any atom is -0.392 e. The summed E-state index contributed by atoms with van der Waals surface area (Å²) in [6, 6.07) is 0.601. The van der Waals surface area contributed by atoms with Crippen LogP contribution in [0.2, 0.25) is 0 Å². The van der Waals surface area contributed by atoms with E-state index in [1.165, 1.54) is 6.42 Å². The van der Waals surface area contributed by atoms with Crippen molar-refractivity contribution in [3.8, 4) is 0 Å². The Balaban J connectivity index is 2.41. The fraction of sp³-hybridized carbons (Fsp3) is 1.00. The predicted octanol–water partition coefficient (Wildman–Crippen LogP) is 2.12. The van der Waals surface area contributed by atoms with Crippen molar-refractivity contribution >= 4 is 0 Å². The number of likely N-dealkylation sites (tertiary alicyclic amines) is 1. The number of rotatable bonds is 4. The van der Waals surface area contributed by atoms with Gasteiger partial charge in [0.25, 0.3) is 0 Å². The second kappa shape index (κ2) is 5.13. The molecule has 84 valence electrons. The van der Waals surface area contributed by atoms with Crippen molar-refractivity contribution in [2.75, 3.05) is 13.1 Å². The van der Waals surface area contributed by atoms with Crippen LogP contribution in [0.25, 0.3) is 0 Å². The van der Waals surface area contributed by atoms with Crippen molar-refractivity contribution in [3.63, 3.8) is 0 Å². The van der Waals surface area contributed by atoms with E-state index in [-0.39, 0.29) is 6.10 Å². The molecule has 0 bridgehead atoms. The standard InChI is InChI=1S/C12H25NO/c1-9(2)5-6-13-8-11(14)7-12(13)10(3)4/h9-12,14H,5-8H2,1-4H3/t11-,12+/m1/s1. The van der Waals surface area contributed by atoms with Crippen LogP contribution in [-0.2, 0) is 0 Å². The SMILES string of the molecule is CC(C)CCN1C[C@H](O)C[C@H]1C(C)C. The predicted molar refractivity (Wildman–Crippen MR) is 60.3 cm³/mol. The summed E-state index contributed by atoms with van der Waals surface area (Å²) in [6.07, 6.45) is 2.13. The summed E-state index contributed by atoms with van der Waals surface area (Å²) in [5.74, 6) is 1.43. The third-order valence-corrected chi connectivity index (χ3v) is 3.19. The smallest absolute Gasteiger partial charge is 0.0682 e. The molecule has 0 aromatic rings. The molecule has 1 N–H and O–H groups in total. The highest BCUT2D eigenvalue weighted by Crippen LogP contribution is 2.24. The lowest BCUT2D eigenvalue weighted by molar-refractivity contribution is 0.168. The highest BCUT2D eigenvalue weighted by molar-refractivity contribution is 4.86. The van der Waals surface area contributed by atoms with Gasteiger partial charge in [-0.2, -0.15) is 0 Å². The van der Waals surface area contributed by atoms with Gasteiger partial charge in [-0.05, 0) is 31.2 Å². The van der Waals surface area contributed by atoms with Crippen LogP contribution in [-0.4, -0.2) is 35.2 Å². The van der Waals surface area contributed by atoms with Crippen molar-refractivity contribution in [2.45, 2.75) is 52.7 Å². The first-order valence-corrected chi connectivity index (χ1v) is 5.92. The van der Waals surface area contributed by atoms with Gasteiger partial charge in [-0.3, -0.25) is 4.90 Å². The van der Waals surface area contributed by atoms with Crippen LogP contribution in [0.1, 0.15) is 40.5 Å². The van der Waals surface area contributed by atoms with Gasteiger partial charge in [-0.1, -0.05) is 27.7 Å². The maximum Gasteiger partial charge on any atom is 0.0682 e. The topological polar surface area (TPSA) is 23.5 Å². The second-order valence-corrected chi connectivity index (χ2v) is 5.38. The summed E-state index contributed by atoms with van der Waals surface area (Å²) in [6.45, 7) is 11.1. The van der Waals surface area contributed by atoms with Crippen LogP contribution in [0.4, 0.5) is 0 Å². The summed E-state index contributed by atoms with van der Waals surface area (Å²) in [4.78, 5) is 2.47. The van der Waals surface area contributed by atoms with E-state index in [1.807, 2.05) is 0 Å². The molecule has 2 nitrogen and oxygen atoms in total. The Morgan fingerprint density at radius 2 is 1.93 bits per heavy atom. The maximum atomic E-state index is 9.64. The van der Waals surface area contributed by atoms with E-state index in [4.69, 9.17) is 0 Å². The van der Waals surface area contributed by atoms with Crippen LogP contribution in [0.15, 0.2) is 0 Å². The molecule has 1 fully saturated rings. The molecular weight excluding hydrogens is 174 g/mol. The summed E-state index contributed by atoms with van der Waals surface area (Å²) in [7, 11) is 0. The Bertz CT molecular complexity index is 168. The van der Waals surface area contributed by atoms with Crippen molar-refractivity contribution in [1.82, 2.24) is 4.90 Å². The van der Waals surface area contributed by atoms with Gasteiger partial charge >= 0.3 is 0 Å². The first-order valence-electron chi connectivity index (χ1n) is 5.92. The van der Waals surface area contributed by atoms with Crippen LogP contribution in [0.3, 0.4) is 0 Å². The maximum absolute atomic E-state index is 9.64. The van der Waals surface area contributed by atoms with E-state index in [0.29, 0.717) is 12.0 Å². The van der Waals surface area contributed by atoms with E-state index in [9.17, 15) is 5.11 Å². The average molecular weight is 199 g/mol. The Morgan fingerprint density at radius 3 is 2.43 bits per heavy atom. The third-order valence-electron chi connectivity index (χ3n) is 3.19. The fourth-order valence-corrected chi connectivity index (χ4v) is 2.28. The molecule has 1 rings (SSSR count). The largest absolute Gasteiger partial charge is 0.392 e. The van der Waals surface area contributed by atoms with Crippen LogP contribution in [0, 0.1) is 11.8 Å². The summed E-state index contributed by atoms with van der Waals surface area (Å²) in [5.41, 5.74) is 0. The second-order valence-electron chi connectivity index (χ2n) is 5.38. The Hall–Kier alpha value is -0.0800. The highest BCUT2D eigenvalue weighted by atomic mass is 16.3. The fourth-order valence-electron chi connectivity index (χ4n) is 2.28. The molecular formula is C12H25NO. The number of aliphatic hydroxyl groups is 1. The molecule has 0 amide bonds. The molecule has 14 heavy (non-hydrogen) atoms. The molecule has 0 saturated carbocycles. The molecule has 1 heterocycles. The lowest BCUT2D eigenvalue weighted by Gasteiger charge is -2.27. The third kappa shape index (κ3) is 3.25. The first kappa shape index (κ1) is 12.0. The quantitative estimate of drug-likeness (QED) is 0.749. The molecule has 0 radical (unpaired) electrons. The van der Waals surface area contributed by atoms with Gasteiger partial charge in [-0.15, -0.1) is 0 Å². The van der Waals surface area contributed by atoms with Gasteiger partial charge in [-0.25, -0.2) is 0 Å². The van der Waals surface area contributed by atoms with Gasteiger partial charge in [0.15, 0.2) is 0 Å². The van der Waals surface area contributed by atoms with E-state index >= 15 is 0 Å². The normalized spacial score (nSPS) is 29.4. The van der Waals surface area contributed by atoms with E-state index < -0.39 is 0 Å². The van der Waals surface area contributed by atoms with E-state index in [2.05, 4.69) is 32.6 Å².